The predicted octanol–water partition coefficient (Wildman–Crippen LogP) is 3.94. The van der Waals surface area contributed by atoms with Crippen molar-refractivity contribution in [2.24, 2.45) is 0 Å². The van der Waals surface area contributed by atoms with Crippen molar-refractivity contribution in [2.75, 3.05) is 0 Å². The summed E-state index contributed by atoms with van der Waals surface area (Å²) in [6.07, 6.45) is 0. The summed E-state index contributed by atoms with van der Waals surface area (Å²) < 4.78 is 10.9. The minimum atomic E-state index is 0.508. The van der Waals surface area contributed by atoms with Crippen molar-refractivity contribution >= 4 is 34.2 Å². The summed E-state index contributed by atoms with van der Waals surface area (Å²) in [6, 6.07) is 7.67. The predicted molar refractivity (Wildman–Crippen MR) is 83.7 cm³/mol. The van der Waals surface area contributed by atoms with E-state index < -0.39 is 0 Å². The van der Waals surface area contributed by atoms with Gasteiger partial charge in [0.05, 0.1) is 17.0 Å². The summed E-state index contributed by atoms with van der Waals surface area (Å²) in [5.41, 5.74) is 4.28. The van der Waals surface area contributed by atoms with Gasteiger partial charge in [-0.15, -0.1) is 11.3 Å². The number of nitrogens with zero attached hydrogens (tertiary/aromatic N) is 4. The van der Waals surface area contributed by atoms with Crippen LogP contribution in [0.4, 0.5) is 0 Å². The molecule has 22 heavy (non-hydrogen) atoms. The second-order valence-electron chi connectivity index (χ2n) is 4.52. The van der Waals surface area contributed by atoms with E-state index >= 15 is 0 Å². The van der Waals surface area contributed by atoms with E-state index in [1.165, 1.54) is 23.1 Å². The summed E-state index contributed by atoms with van der Waals surface area (Å²) in [7, 11) is 0. The average Bonchev–Trinajstić information content (AvgIpc) is 3.23. The molecule has 0 radical (unpaired) electrons. The van der Waals surface area contributed by atoms with E-state index in [1.54, 1.807) is 5.51 Å². The van der Waals surface area contributed by atoms with Crippen molar-refractivity contribution in [3.63, 3.8) is 0 Å². The molecule has 0 N–H and O–H groups in total. The van der Waals surface area contributed by atoms with Crippen LogP contribution in [0.5, 0.6) is 0 Å². The number of benzene rings is 1. The Bertz CT molecular complexity index is 895. The number of oxazole rings is 1. The second-order valence-corrected chi connectivity index (χ2v) is 6.30. The molecule has 3 aromatic heterocycles. The van der Waals surface area contributed by atoms with E-state index in [0.29, 0.717) is 22.7 Å². The Balaban J connectivity index is 1.50. The van der Waals surface area contributed by atoms with Crippen LogP contribution in [0.2, 0.25) is 0 Å². The smallest absolute Gasteiger partial charge is 0.269 e. The molecule has 0 amide bonds. The lowest BCUT2D eigenvalue weighted by Crippen LogP contribution is -1.84. The van der Waals surface area contributed by atoms with Crippen molar-refractivity contribution in [3.05, 3.63) is 41.3 Å². The molecular formula is C14H10N4O2S2. The van der Waals surface area contributed by atoms with Crippen LogP contribution in [0, 0.1) is 6.92 Å². The van der Waals surface area contributed by atoms with Gasteiger partial charge < -0.3 is 8.94 Å². The second kappa shape index (κ2) is 5.54. The van der Waals surface area contributed by atoms with Crippen molar-refractivity contribution in [3.8, 4) is 10.8 Å². The zero-order valence-electron chi connectivity index (χ0n) is 11.5. The zero-order valence-corrected chi connectivity index (χ0v) is 13.1. The molecule has 110 valence electrons. The number of thioether (sulfide) groups is 1. The van der Waals surface area contributed by atoms with Gasteiger partial charge in [0.15, 0.2) is 11.4 Å². The van der Waals surface area contributed by atoms with Gasteiger partial charge in [0.25, 0.3) is 11.1 Å². The molecule has 0 aliphatic rings. The third-order valence-corrected chi connectivity index (χ3v) is 4.75. The van der Waals surface area contributed by atoms with E-state index in [9.17, 15) is 0 Å². The number of thiazole rings is 1. The van der Waals surface area contributed by atoms with E-state index in [1.807, 2.05) is 31.2 Å². The number of aromatic nitrogens is 4. The van der Waals surface area contributed by atoms with Crippen LogP contribution in [0.25, 0.3) is 21.9 Å². The number of aryl methyl sites for hydroxylation is 1. The molecule has 0 unspecified atom stereocenters. The summed E-state index contributed by atoms with van der Waals surface area (Å²) in [5, 5.41) is 4.58. The molecule has 1 aromatic carbocycles. The number of hydrogen-bond acceptors (Lipinski definition) is 8. The molecule has 4 rings (SSSR count). The number of hydrogen-bond donors (Lipinski definition) is 0. The molecule has 0 aliphatic heterocycles. The normalized spacial score (nSPS) is 11.3. The Morgan fingerprint density at radius 3 is 2.95 bits per heavy atom. The van der Waals surface area contributed by atoms with Crippen LogP contribution >= 0.6 is 23.1 Å². The van der Waals surface area contributed by atoms with Gasteiger partial charge in [0.1, 0.15) is 10.4 Å². The molecular weight excluding hydrogens is 320 g/mol. The van der Waals surface area contributed by atoms with Crippen molar-refractivity contribution in [1.29, 1.82) is 0 Å². The Hall–Kier alpha value is -2.19. The Labute approximate surface area is 133 Å². The quantitative estimate of drug-likeness (QED) is 0.524. The van der Waals surface area contributed by atoms with Crippen LogP contribution in [0.1, 0.15) is 11.5 Å². The highest BCUT2D eigenvalue weighted by molar-refractivity contribution is 7.98. The standard InChI is InChI=1S/C14H10N4O2S2/c1-8-12(22-7-15-8)13-17-11(18-20-13)6-21-14-16-9-4-2-3-5-10(9)19-14/h2-5,7H,6H2,1H3. The first kappa shape index (κ1) is 13.5. The highest BCUT2D eigenvalue weighted by Gasteiger charge is 2.14. The van der Waals surface area contributed by atoms with E-state index in [-0.39, 0.29) is 0 Å². The van der Waals surface area contributed by atoms with Gasteiger partial charge in [0.2, 0.25) is 0 Å². The summed E-state index contributed by atoms with van der Waals surface area (Å²) in [5.74, 6) is 1.65. The van der Waals surface area contributed by atoms with Crippen LogP contribution in [-0.2, 0) is 5.75 Å². The first-order chi connectivity index (χ1) is 10.8. The van der Waals surface area contributed by atoms with Gasteiger partial charge in [-0.1, -0.05) is 29.1 Å². The van der Waals surface area contributed by atoms with Gasteiger partial charge in [-0.3, -0.25) is 0 Å². The van der Waals surface area contributed by atoms with Crippen molar-refractivity contribution < 1.29 is 8.94 Å². The fourth-order valence-corrected chi connectivity index (χ4v) is 3.36. The lowest BCUT2D eigenvalue weighted by atomic mass is 10.3. The summed E-state index contributed by atoms with van der Waals surface area (Å²) in [6.45, 7) is 1.92. The first-order valence-corrected chi connectivity index (χ1v) is 8.37. The maximum Gasteiger partial charge on any atom is 0.269 e. The van der Waals surface area contributed by atoms with Crippen LogP contribution in [-0.4, -0.2) is 20.1 Å². The fourth-order valence-electron chi connectivity index (χ4n) is 1.95. The summed E-state index contributed by atoms with van der Waals surface area (Å²) in [4.78, 5) is 13.9. The third-order valence-electron chi connectivity index (χ3n) is 3.01. The van der Waals surface area contributed by atoms with Gasteiger partial charge in [0, 0.05) is 0 Å². The van der Waals surface area contributed by atoms with Gasteiger partial charge >= 0.3 is 0 Å². The molecule has 0 bridgehead atoms. The van der Waals surface area contributed by atoms with Gasteiger partial charge in [-0.05, 0) is 19.1 Å². The number of rotatable bonds is 4. The van der Waals surface area contributed by atoms with E-state index in [4.69, 9.17) is 8.94 Å². The molecule has 3 heterocycles. The number of fused-ring (bicyclic) bond motifs is 1. The fraction of sp³-hybridized carbons (Fsp3) is 0.143. The van der Waals surface area contributed by atoms with Crippen molar-refractivity contribution in [2.45, 2.75) is 17.9 Å². The van der Waals surface area contributed by atoms with Crippen molar-refractivity contribution in [1.82, 2.24) is 20.1 Å². The molecule has 0 atom stereocenters. The molecule has 0 saturated heterocycles. The molecule has 0 aliphatic carbocycles. The van der Waals surface area contributed by atoms with Gasteiger partial charge in [-0.25, -0.2) is 9.97 Å². The molecule has 0 fully saturated rings. The minimum absolute atomic E-state index is 0.508. The highest BCUT2D eigenvalue weighted by atomic mass is 32.2. The Kier molecular flexibility index (Phi) is 3.39. The average molecular weight is 330 g/mol. The molecule has 0 spiro atoms. The van der Waals surface area contributed by atoms with E-state index in [2.05, 4.69) is 20.1 Å². The third kappa shape index (κ3) is 2.51. The minimum Gasteiger partial charge on any atom is -0.431 e. The number of para-hydroxylation sites is 2. The SMILES string of the molecule is Cc1ncsc1-c1nc(CSc2nc3ccccc3o2)no1. The largest absolute Gasteiger partial charge is 0.431 e. The Morgan fingerprint density at radius 2 is 2.14 bits per heavy atom. The first-order valence-electron chi connectivity index (χ1n) is 6.51. The molecule has 4 aromatic rings. The van der Waals surface area contributed by atoms with Gasteiger partial charge in [-0.2, -0.15) is 4.98 Å². The molecule has 0 saturated carbocycles. The zero-order chi connectivity index (χ0) is 14.9. The lowest BCUT2D eigenvalue weighted by molar-refractivity contribution is 0.425. The van der Waals surface area contributed by atoms with E-state index in [0.717, 1.165) is 21.7 Å². The lowest BCUT2D eigenvalue weighted by Gasteiger charge is -1.90. The van der Waals surface area contributed by atoms with Crippen LogP contribution in [0.15, 0.2) is 43.9 Å². The van der Waals surface area contributed by atoms with Crippen LogP contribution < -0.4 is 0 Å². The maximum absolute atomic E-state index is 5.65. The summed E-state index contributed by atoms with van der Waals surface area (Å²) >= 11 is 2.93. The molecule has 6 nitrogen and oxygen atoms in total. The monoisotopic (exact) mass is 330 g/mol. The topological polar surface area (TPSA) is 77.8 Å². The highest BCUT2D eigenvalue weighted by Crippen LogP contribution is 2.28. The van der Waals surface area contributed by atoms with Crippen LogP contribution in [0.3, 0.4) is 0 Å². The maximum atomic E-state index is 5.65. The molecule has 8 heteroatoms. The Morgan fingerprint density at radius 1 is 1.23 bits per heavy atom.